The lowest BCUT2D eigenvalue weighted by Gasteiger charge is -2.05. The predicted octanol–water partition coefficient (Wildman–Crippen LogP) is 3.06. The zero-order valence-electron chi connectivity index (χ0n) is 10.2. The summed E-state index contributed by atoms with van der Waals surface area (Å²) in [5.74, 6) is 0.935. The van der Waals surface area contributed by atoms with E-state index >= 15 is 0 Å². The Bertz CT molecular complexity index is 692. The molecule has 3 aromatic heterocycles. The molecule has 0 aliphatic rings. The highest BCUT2D eigenvalue weighted by molar-refractivity contribution is 7.13. The lowest BCUT2D eigenvalue weighted by Crippen LogP contribution is -1.91. The van der Waals surface area contributed by atoms with Crippen LogP contribution in [-0.4, -0.2) is 17.3 Å². The molecule has 3 aromatic rings. The average Bonchev–Trinajstić information content (AvgIpc) is 3.07. The minimum atomic E-state index is 0.302. The SMILES string of the molecule is COc1cnccc1-c1noc(N)c1-c1cccs1. The smallest absolute Gasteiger partial charge is 0.231 e. The Balaban J connectivity index is 2.22. The van der Waals surface area contributed by atoms with Crippen LogP contribution in [0.1, 0.15) is 0 Å². The molecule has 0 aromatic carbocycles. The van der Waals surface area contributed by atoms with Crippen LogP contribution in [0.15, 0.2) is 40.5 Å². The Morgan fingerprint density at radius 2 is 2.26 bits per heavy atom. The molecule has 0 unspecified atom stereocenters. The Hall–Kier alpha value is -2.34. The molecule has 0 atom stereocenters. The van der Waals surface area contributed by atoms with Gasteiger partial charge in [0.2, 0.25) is 5.88 Å². The second kappa shape index (κ2) is 4.74. The highest BCUT2D eigenvalue weighted by Gasteiger charge is 2.20. The van der Waals surface area contributed by atoms with Gasteiger partial charge >= 0.3 is 0 Å². The fraction of sp³-hybridized carbons (Fsp3) is 0.0769. The zero-order valence-corrected chi connectivity index (χ0v) is 11.0. The van der Waals surface area contributed by atoms with Gasteiger partial charge in [0.15, 0.2) is 0 Å². The van der Waals surface area contributed by atoms with Gasteiger partial charge in [-0.3, -0.25) is 4.98 Å². The van der Waals surface area contributed by atoms with Gasteiger partial charge < -0.3 is 15.0 Å². The number of ether oxygens (including phenoxy) is 1. The third-order valence-electron chi connectivity index (χ3n) is 2.75. The van der Waals surface area contributed by atoms with Crippen molar-refractivity contribution in [1.29, 1.82) is 0 Å². The van der Waals surface area contributed by atoms with Gasteiger partial charge in [-0.25, -0.2) is 0 Å². The monoisotopic (exact) mass is 273 g/mol. The van der Waals surface area contributed by atoms with Gasteiger partial charge in [-0.2, -0.15) is 0 Å². The number of nitrogen functional groups attached to an aromatic ring is 1. The zero-order chi connectivity index (χ0) is 13.2. The summed E-state index contributed by atoms with van der Waals surface area (Å²) >= 11 is 1.58. The Morgan fingerprint density at radius 1 is 1.37 bits per heavy atom. The van der Waals surface area contributed by atoms with Crippen molar-refractivity contribution in [3.05, 3.63) is 36.0 Å². The first kappa shape index (κ1) is 11.7. The van der Waals surface area contributed by atoms with Crippen LogP contribution in [0.2, 0.25) is 0 Å². The van der Waals surface area contributed by atoms with E-state index in [0.29, 0.717) is 17.3 Å². The molecule has 0 aliphatic heterocycles. The minimum absolute atomic E-state index is 0.302. The average molecular weight is 273 g/mol. The van der Waals surface area contributed by atoms with Gasteiger partial charge in [0.25, 0.3) is 0 Å². The molecule has 3 rings (SSSR count). The van der Waals surface area contributed by atoms with Gasteiger partial charge in [-0.05, 0) is 17.5 Å². The standard InChI is InChI=1S/C13H11N3O2S/c1-17-9-7-15-5-4-8(9)12-11(13(14)18-16-12)10-3-2-6-19-10/h2-7H,14H2,1H3. The fourth-order valence-corrected chi connectivity index (χ4v) is 2.66. The largest absolute Gasteiger partial charge is 0.494 e. The van der Waals surface area contributed by atoms with E-state index in [1.807, 2.05) is 23.6 Å². The van der Waals surface area contributed by atoms with E-state index in [1.54, 1.807) is 30.8 Å². The summed E-state index contributed by atoms with van der Waals surface area (Å²) in [6.45, 7) is 0. The fourth-order valence-electron chi connectivity index (χ4n) is 1.88. The maximum Gasteiger partial charge on any atom is 0.231 e. The third kappa shape index (κ3) is 1.96. The van der Waals surface area contributed by atoms with Gasteiger partial charge in [-0.1, -0.05) is 11.2 Å². The van der Waals surface area contributed by atoms with Crippen LogP contribution in [0.3, 0.4) is 0 Å². The Labute approximate surface area is 113 Å². The number of nitrogens with two attached hydrogens (primary N) is 1. The van der Waals surface area contributed by atoms with E-state index in [1.165, 1.54) is 0 Å². The van der Waals surface area contributed by atoms with E-state index in [9.17, 15) is 0 Å². The molecule has 96 valence electrons. The lowest BCUT2D eigenvalue weighted by atomic mass is 10.1. The van der Waals surface area contributed by atoms with Crippen LogP contribution >= 0.6 is 11.3 Å². The Morgan fingerprint density at radius 3 is 3.00 bits per heavy atom. The summed E-state index contributed by atoms with van der Waals surface area (Å²) in [4.78, 5) is 5.04. The van der Waals surface area contributed by atoms with Gasteiger partial charge in [0.1, 0.15) is 11.4 Å². The number of pyridine rings is 1. The Kier molecular flexibility index (Phi) is 2.92. The van der Waals surface area contributed by atoms with Crippen molar-refractivity contribution in [3.8, 4) is 27.4 Å². The molecule has 0 saturated carbocycles. The number of anilines is 1. The maximum atomic E-state index is 5.88. The highest BCUT2D eigenvalue weighted by Crippen LogP contribution is 2.41. The van der Waals surface area contributed by atoms with Gasteiger partial charge in [-0.15, -0.1) is 11.3 Å². The van der Waals surface area contributed by atoms with Crippen LogP contribution in [0.4, 0.5) is 5.88 Å². The van der Waals surface area contributed by atoms with E-state index in [0.717, 1.165) is 16.0 Å². The first-order valence-corrected chi connectivity index (χ1v) is 6.46. The number of rotatable bonds is 3. The van der Waals surface area contributed by atoms with Crippen molar-refractivity contribution in [3.63, 3.8) is 0 Å². The molecular weight excluding hydrogens is 262 g/mol. The topological polar surface area (TPSA) is 74.2 Å². The van der Waals surface area contributed by atoms with Crippen molar-refractivity contribution in [2.45, 2.75) is 0 Å². The molecule has 0 fully saturated rings. The second-order valence-electron chi connectivity index (χ2n) is 3.82. The van der Waals surface area contributed by atoms with Crippen molar-refractivity contribution >= 4 is 17.2 Å². The van der Waals surface area contributed by atoms with E-state index in [-0.39, 0.29) is 0 Å². The lowest BCUT2D eigenvalue weighted by molar-refractivity contribution is 0.412. The number of thiophene rings is 1. The summed E-state index contributed by atoms with van der Waals surface area (Å²) in [7, 11) is 1.59. The molecule has 0 spiro atoms. The second-order valence-corrected chi connectivity index (χ2v) is 4.77. The maximum absolute atomic E-state index is 5.88. The summed E-state index contributed by atoms with van der Waals surface area (Å²) in [5.41, 5.74) is 8.15. The number of nitrogens with zero attached hydrogens (tertiary/aromatic N) is 2. The van der Waals surface area contributed by atoms with Crippen molar-refractivity contribution in [2.75, 3.05) is 12.8 Å². The van der Waals surface area contributed by atoms with Crippen LogP contribution in [0.25, 0.3) is 21.7 Å². The van der Waals surface area contributed by atoms with Crippen LogP contribution in [0.5, 0.6) is 5.75 Å². The third-order valence-corrected chi connectivity index (χ3v) is 3.63. The summed E-state index contributed by atoms with van der Waals surface area (Å²) in [6.07, 6.45) is 3.32. The highest BCUT2D eigenvalue weighted by atomic mass is 32.1. The summed E-state index contributed by atoms with van der Waals surface area (Å²) in [5, 5.41) is 6.03. The molecule has 2 N–H and O–H groups in total. The van der Waals surface area contributed by atoms with Crippen LogP contribution in [0, 0.1) is 0 Å². The first-order chi connectivity index (χ1) is 9.31. The normalized spacial score (nSPS) is 10.6. The number of methoxy groups -OCH3 is 1. The van der Waals surface area contributed by atoms with Crippen molar-refractivity contribution in [1.82, 2.24) is 10.1 Å². The molecule has 0 saturated heterocycles. The molecule has 5 nitrogen and oxygen atoms in total. The molecule has 0 radical (unpaired) electrons. The minimum Gasteiger partial charge on any atom is -0.494 e. The number of hydrogen-bond acceptors (Lipinski definition) is 6. The van der Waals surface area contributed by atoms with Gasteiger partial charge in [0.05, 0.1) is 18.9 Å². The summed E-state index contributed by atoms with van der Waals surface area (Å²) in [6, 6.07) is 5.76. The first-order valence-electron chi connectivity index (χ1n) is 5.58. The molecule has 19 heavy (non-hydrogen) atoms. The molecular formula is C13H11N3O2S. The van der Waals surface area contributed by atoms with Crippen LogP contribution < -0.4 is 10.5 Å². The molecule has 0 bridgehead atoms. The summed E-state index contributed by atoms with van der Waals surface area (Å²) < 4.78 is 10.4. The van der Waals surface area contributed by atoms with Crippen LogP contribution in [-0.2, 0) is 0 Å². The predicted molar refractivity (Wildman–Crippen MR) is 74.0 cm³/mol. The van der Waals surface area contributed by atoms with Gasteiger partial charge in [0, 0.05) is 16.6 Å². The molecule has 0 amide bonds. The quantitative estimate of drug-likeness (QED) is 0.793. The molecule has 0 aliphatic carbocycles. The number of hydrogen-bond donors (Lipinski definition) is 1. The van der Waals surface area contributed by atoms with Crippen molar-refractivity contribution in [2.24, 2.45) is 0 Å². The van der Waals surface area contributed by atoms with E-state index < -0.39 is 0 Å². The number of aromatic nitrogens is 2. The molecule has 3 heterocycles. The van der Waals surface area contributed by atoms with E-state index in [2.05, 4.69) is 10.1 Å². The molecule has 6 heteroatoms. The van der Waals surface area contributed by atoms with Crippen molar-refractivity contribution < 1.29 is 9.26 Å². The van der Waals surface area contributed by atoms with E-state index in [4.69, 9.17) is 15.0 Å².